The number of aromatic nitrogens is 1. The van der Waals surface area contributed by atoms with E-state index in [1.54, 1.807) is 16.8 Å². The van der Waals surface area contributed by atoms with E-state index in [9.17, 15) is 9.59 Å². The molecule has 0 unspecified atom stereocenters. The number of likely N-dealkylation sites (tertiary alicyclic amines) is 1. The van der Waals surface area contributed by atoms with E-state index in [4.69, 9.17) is 0 Å². The Hall–Kier alpha value is -1.43. The van der Waals surface area contributed by atoms with Crippen LogP contribution in [0.5, 0.6) is 0 Å². The van der Waals surface area contributed by atoms with Crippen molar-refractivity contribution in [2.45, 2.75) is 44.6 Å². The lowest BCUT2D eigenvalue weighted by Gasteiger charge is -2.23. The number of carbonyl (C=O) groups excluding carboxylic acids is 2. The van der Waals surface area contributed by atoms with E-state index in [0.717, 1.165) is 25.0 Å². The number of nitrogens with one attached hydrogen (secondary N) is 1. The normalized spacial score (nSPS) is 23.0. The highest BCUT2D eigenvalue weighted by Crippen LogP contribution is 2.29. The van der Waals surface area contributed by atoms with Gasteiger partial charge in [-0.15, -0.1) is 11.3 Å². The molecule has 0 spiro atoms. The maximum Gasteiger partial charge on any atom is 0.225 e. The van der Waals surface area contributed by atoms with Crippen molar-refractivity contribution >= 4 is 23.2 Å². The van der Waals surface area contributed by atoms with Gasteiger partial charge in [0.1, 0.15) is 0 Å². The van der Waals surface area contributed by atoms with E-state index < -0.39 is 0 Å². The summed E-state index contributed by atoms with van der Waals surface area (Å²) < 4.78 is 0. The fraction of sp³-hybridized carbons (Fsp3) is 0.667. The van der Waals surface area contributed by atoms with Gasteiger partial charge in [0.05, 0.1) is 17.1 Å². The molecule has 21 heavy (non-hydrogen) atoms. The zero-order valence-electron chi connectivity index (χ0n) is 12.1. The Morgan fingerprint density at radius 2 is 2.24 bits per heavy atom. The number of hydrogen-bond donors (Lipinski definition) is 1. The number of thiazole rings is 1. The van der Waals surface area contributed by atoms with Crippen molar-refractivity contribution in [1.29, 1.82) is 0 Å². The molecule has 114 valence electrons. The predicted molar refractivity (Wildman–Crippen MR) is 80.9 cm³/mol. The van der Waals surface area contributed by atoms with Crippen LogP contribution in [0.25, 0.3) is 0 Å². The average molecular weight is 307 g/mol. The Morgan fingerprint density at radius 1 is 1.43 bits per heavy atom. The van der Waals surface area contributed by atoms with Crippen LogP contribution in [0.4, 0.5) is 0 Å². The molecule has 1 aliphatic heterocycles. The van der Waals surface area contributed by atoms with Gasteiger partial charge in [-0.3, -0.25) is 9.59 Å². The Labute approximate surface area is 128 Å². The first-order chi connectivity index (χ1) is 10.2. The number of rotatable bonds is 5. The topological polar surface area (TPSA) is 62.3 Å². The van der Waals surface area contributed by atoms with Gasteiger partial charge in [0.25, 0.3) is 0 Å². The lowest BCUT2D eigenvalue weighted by atomic mass is 10.1. The van der Waals surface area contributed by atoms with Crippen LogP contribution in [0.3, 0.4) is 0 Å². The van der Waals surface area contributed by atoms with Gasteiger partial charge >= 0.3 is 0 Å². The van der Waals surface area contributed by atoms with Crippen molar-refractivity contribution in [2.24, 2.45) is 5.92 Å². The predicted octanol–water partition coefficient (Wildman–Crippen LogP) is 1.59. The summed E-state index contributed by atoms with van der Waals surface area (Å²) in [5, 5.41) is 4.93. The lowest BCUT2D eigenvalue weighted by Crippen LogP contribution is -2.37. The third-order valence-corrected chi connectivity index (χ3v) is 5.09. The lowest BCUT2D eigenvalue weighted by molar-refractivity contribution is -0.130. The number of carbonyl (C=O) groups is 2. The minimum Gasteiger partial charge on any atom is -0.355 e. The third-order valence-electron chi connectivity index (χ3n) is 4.46. The summed E-state index contributed by atoms with van der Waals surface area (Å²) >= 11 is 1.56. The molecule has 2 aliphatic rings. The molecule has 1 saturated carbocycles. The van der Waals surface area contributed by atoms with E-state index >= 15 is 0 Å². The second kappa shape index (κ2) is 6.56. The number of hydrogen-bond acceptors (Lipinski definition) is 4. The van der Waals surface area contributed by atoms with Gasteiger partial charge in [0.2, 0.25) is 11.8 Å². The molecule has 1 aromatic heterocycles. The van der Waals surface area contributed by atoms with Crippen LogP contribution in [0.2, 0.25) is 0 Å². The molecule has 0 bridgehead atoms. The van der Waals surface area contributed by atoms with Crippen molar-refractivity contribution in [3.05, 3.63) is 16.6 Å². The Bertz CT molecular complexity index is 497. The van der Waals surface area contributed by atoms with E-state index in [0.29, 0.717) is 25.6 Å². The maximum absolute atomic E-state index is 12.2. The van der Waals surface area contributed by atoms with Crippen LogP contribution in [0, 0.1) is 5.92 Å². The fourth-order valence-corrected chi connectivity index (χ4v) is 3.89. The second-order valence-electron chi connectivity index (χ2n) is 5.91. The molecular formula is C15H21N3O2S. The van der Waals surface area contributed by atoms with Gasteiger partial charge in [-0.25, -0.2) is 4.98 Å². The first-order valence-electron chi connectivity index (χ1n) is 7.68. The molecule has 2 amide bonds. The van der Waals surface area contributed by atoms with Crippen LogP contribution < -0.4 is 5.32 Å². The van der Waals surface area contributed by atoms with Gasteiger partial charge in [-0.1, -0.05) is 12.8 Å². The van der Waals surface area contributed by atoms with E-state index in [-0.39, 0.29) is 17.7 Å². The molecule has 6 heteroatoms. The molecule has 0 aromatic carbocycles. The van der Waals surface area contributed by atoms with Gasteiger partial charge in [-0.2, -0.15) is 0 Å². The van der Waals surface area contributed by atoms with Crippen LogP contribution in [0.1, 0.15) is 37.8 Å². The van der Waals surface area contributed by atoms with Crippen molar-refractivity contribution < 1.29 is 9.59 Å². The molecule has 1 atom stereocenters. The minimum absolute atomic E-state index is 0.0130. The zero-order valence-corrected chi connectivity index (χ0v) is 12.9. The summed E-state index contributed by atoms with van der Waals surface area (Å²) in [6.07, 6.45) is 5.74. The highest BCUT2D eigenvalue weighted by Gasteiger charge is 2.38. The van der Waals surface area contributed by atoms with Crippen molar-refractivity contribution in [3.63, 3.8) is 0 Å². The van der Waals surface area contributed by atoms with Gasteiger partial charge in [0.15, 0.2) is 0 Å². The van der Waals surface area contributed by atoms with Crippen molar-refractivity contribution in [2.75, 3.05) is 13.1 Å². The van der Waals surface area contributed by atoms with Crippen molar-refractivity contribution in [1.82, 2.24) is 15.2 Å². The third kappa shape index (κ3) is 3.43. The summed E-state index contributed by atoms with van der Waals surface area (Å²) in [7, 11) is 0. The largest absolute Gasteiger partial charge is 0.355 e. The standard InChI is InChI=1S/C15H21N3O2S/c19-14-7-11(8-18(14)13-3-1-2-4-13)15(20)16-6-5-12-9-21-10-17-12/h9-11,13H,1-8H2,(H,16,20)/t11-/m1/s1. The quantitative estimate of drug-likeness (QED) is 0.898. The van der Waals surface area contributed by atoms with Gasteiger partial charge in [0, 0.05) is 37.4 Å². The van der Waals surface area contributed by atoms with Crippen molar-refractivity contribution in [3.8, 4) is 0 Å². The number of nitrogens with zero attached hydrogens (tertiary/aromatic N) is 2. The molecule has 1 saturated heterocycles. The molecule has 0 radical (unpaired) electrons. The molecule has 1 aliphatic carbocycles. The highest BCUT2D eigenvalue weighted by molar-refractivity contribution is 7.07. The summed E-state index contributed by atoms with van der Waals surface area (Å²) in [6.45, 7) is 1.20. The van der Waals surface area contributed by atoms with Gasteiger partial charge < -0.3 is 10.2 Å². The molecule has 1 aromatic rings. The fourth-order valence-electron chi connectivity index (χ4n) is 3.30. The molecule has 2 fully saturated rings. The smallest absolute Gasteiger partial charge is 0.225 e. The number of amides is 2. The van der Waals surface area contributed by atoms with Crippen LogP contribution >= 0.6 is 11.3 Å². The Kier molecular flexibility index (Phi) is 4.53. The Morgan fingerprint density at radius 3 is 2.95 bits per heavy atom. The first-order valence-corrected chi connectivity index (χ1v) is 8.62. The maximum atomic E-state index is 12.2. The molecule has 3 rings (SSSR count). The summed E-state index contributed by atoms with van der Waals surface area (Å²) in [5.41, 5.74) is 2.81. The minimum atomic E-state index is -0.173. The van der Waals surface area contributed by atoms with Crippen LogP contribution in [-0.4, -0.2) is 40.8 Å². The average Bonchev–Trinajstić information content (AvgIpc) is 3.19. The van der Waals surface area contributed by atoms with E-state index in [1.165, 1.54) is 12.8 Å². The molecule has 1 N–H and O–H groups in total. The van der Waals surface area contributed by atoms with Gasteiger partial charge in [-0.05, 0) is 12.8 Å². The summed E-state index contributed by atoms with van der Waals surface area (Å²) in [6, 6.07) is 0.380. The first kappa shape index (κ1) is 14.5. The van der Waals surface area contributed by atoms with Crippen LogP contribution in [-0.2, 0) is 16.0 Å². The van der Waals surface area contributed by atoms with E-state index in [1.807, 2.05) is 10.3 Å². The monoisotopic (exact) mass is 307 g/mol. The van der Waals surface area contributed by atoms with Crippen LogP contribution in [0.15, 0.2) is 10.9 Å². The molecule has 5 nitrogen and oxygen atoms in total. The summed E-state index contributed by atoms with van der Waals surface area (Å²) in [5.74, 6) is -0.00541. The molecular weight excluding hydrogens is 286 g/mol. The van der Waals surface area contributed by atoms with E-state index in [2.05, 4.69) is 10.3 Å². The zero-order chi connectivity index (χ0) is 14.7. The highest BCUT2D eigenvalue weighted by atomic mass is 32.1. The second-order valence-corrected chi connectivity index (χ2v) is 6.62. The summed E-state index contributed by atoms with van der Waals surface area (Å²) in [4.78, 5) is 30.4. The SMILES string of the molecule is O=C(NCCc1cscn1)[C@@H]1CC(=O)N(C2CCCC2)C1. The Balaban J connectivity index is 1.46. The molecule has 2 heterocycles.